The summed E-state index contributed by atoms with van der Waals surface area (Å²) in [6.07, 6.45) is 3.53. The zero-order valence-corrected chi connectivity index (χ0v) is 19.4. The summed E-state index contributed by atoms with van der Waals surface area (Å²) < 4.78 is 58.0. The van der Waals surface area contributed by atoms with E-state index in [0.717, 1.165) is 11.3 Å². The monoisotopic (exact) mass is 491 g/mol. The van der Waals surface area contributed by atoms with Crippen molar-refractivity contribution in [3.8, 4) is 5.75 Å². The number of sulfonamides is 1. The van der Waals surface area contributed by atoms with Crippen molar-refractivity contribution < 1.29 is 26.7 Å². The van der Waals surface area contributed by atoms with Gasteiger partial charge in [-0.15, -0.1) is 0 Å². The van der Waals surface area contributed by atoms with Gasteiger partial charge >= 0.3 is 6.61 Å². The molecule has 2 aliphatic rings. The number of aryl methyl sites for hydroxylation is 1. The molecule has 0 radical (unpaired) electrons. The van der Waals surface area contributed by atoms with Crippen molar-refractivity contribution in [1.29, 1.82) is 0 Å². The fourth-order valence-corrected chi connectivity index (χ4v) is 5.74. The third-order valence-corrected chi connectivity index (χ3v) is 7.63. The Kier molecular flexibility index (Phi) is 7.60. The van der Waals surface area contributed by atoms with Gasteiger partial charge in [0.05, 0.1) is 11.4 Å². The van der Waals surface area contributed by atoms with E-state index in [1.165, 1.54) is 12.1 Å². The lowest BCUT2D eigenvalue weighted by atomic mass is 9.97. The first kappa shape index (κ1) is 24.3. The van der Waals surface area contributed by atoms with Crippen LogP contribution in [0.4, 0.5) is 14.5 Å². The van der Waals surface area contributed by atoms with Crippen molar-refractivity contribution in [3.63, 3.8) is 0 Å². The first-order chi connectivity index (χ1) is 16.3. The molecule has 1 aliphatic heterocycles. The van der Waals surface area contributed by atoms with Crippen molar-refractivity contribution in [2.24, 2.45) is 0 Å². The number of allylic oxidation sites excluding steroid dienone is 1. The minimum atomic E-state index is -3.67. The maximum atomic E-state index is 13.0. The number of carbonyl (C=O) groups excluding carboxylic acids is 1. The Labute approximate surface area is 197 Å². The van der Waals surface area contributed by atoms with Crippen molar-refractivity contribution >= 4 is 27.7 Å². The van der Waals surface area contributed by atoms with Gasteiger partial charge in [-0.05, 0) is 67.2 Å². The molecule has 0 bridgehead atoms. The molecule has 0 saturated carbocycles. The quantitative estimate of drug-likeness (QED) is 0.589. The molecule has 7 nitrogen and oxygen atoms in total. The predicted molar refractivity (Wildman–Crippen MR) is 126 cm³/mol. The number of anilines is 1. The number of amides is 1. The number of hydrogen-bond acceptors (Lipinski definition) is 5. The molecule has 4 rings (SSSR count). The van der Waals surface area contributed by atoms with Crippen LogP contribution in [-0.2, 0) is 21.2 Å². The summed E-state index contributed by atoms with van der Waals surface area (Å²) in [6.45, 7) is -1.41. The largest absolute Gasteiger partial charge is 0.435 e. The number of ether oxygens (including phenoxy) is 1. The van der Waals surface area contributed by atoms with Crippen LogP contribution in [0, 0.1) is 0 Å². The molecule has 0 atom stereocenters. The van der Waals surface area contributed by atoms with Gasteiger partial charge in [-0.25, -0.2) is 13.1 Å². The molecule has 2 aromatic rings. The Hall–Kier alpha value is -2.82. The minimum absolute atomic E-state index is 0.0655. The number of likely N-dealkylation sites (tertiary alicyclic amines) is 1. The highest BCUT2D eigenvalue weighted by Gasteiger charge is 2.28. The summed E-state index contributed by atoms with van der Waals surface area (Å²) in [6, 6.07) is 13.6. The van der Waals surface area contributed by atoms with E-state index in [0.29, 0.717) is 44.3 Å². The second-order valence-electron chi connectivity index (χ2n) is 8.44. The molecule has 0 aromatic heterocycles. The van der Waals surface area contributed by atoms with Gasteiger partial charge in [0.2, 0.25) is 15.9 Å². The molecule has 0 spiro atoms. The van der Waals surface area contributed by atoms with E-state index in [2.05, 4.69) is 14.8 Å². The highest BCUT2D eigenvalue weighted by atomic mass is 32.2. The third kappa shape index (κ3) is 6.40. The highest BCUT2D eigenvalue weighted by Crippen LogP contribution is 2.30. The Morgan fingerprint density at radius 2 is 1.82 bits per heavy atom. The molecule has 1 heterocycles. The summed E-state index contributed by atoms with van der Waals surface area (Å²) in [5.41, 5.74) is 2.21. The topological polar surface area (TPSA) is 87.7 Å². The van der Waals surface area contributed by atoms with Gasteiger partial charge in [-0.2, -0.15) is 8.78 Å². The molecule has 2 N–H and O–H groups in total. The van der Waals surface area contributed by atoms with Crippen LogP contribution in [0.5, 0.6) is 5.75 Å². The van der Waals surface area contributed by atoms with Gasteiger partial charge in [0, 0.05) is 24.8 Å². The first-order valence-electron chi connectivity index (χ1n) is 11.2. The fourth-order valence-electron chi connectivity index (χ4n) is 4.26. The molecular weight excluding hydrogens is 464 g/mol. The number of para-hydroxylation sites is 1. The number of alkyl halides is 2. The van der Waals surface area contributed by atoms with Crippen LogP contribution >= 0.6 is 0 Å². The number of carbonyl (C=O) groups is 1. The van der Waals surface area contributed by atoms with Crippen LogP contribution in [0.15, 0.2) is 53.4 Å². The lowest BCUT2D eigenvalue weighted by molar-refractivity contribution is -0.117. The average Bonchev–Trinajstić information content (AvgIpc) is 2.80. The van der Waals surface area contributed by atoms with Crippen LogP contribution in [0.25, 0.3) is 6.08 Å². The average molecular weight is 492 g/mol. The third-order valence-electron chi connectivity index (χ3n) is 5.98. The van der Waals surface area contributed by atoms with Crippen LogP contribution in [0.1, 0.15) is 30.4 Å². The second-order valence-corrected chi connectivity index (χ2v) is 10.2. The number of fused-ring (bicyclic) bond motifs is 1. The van der Waals surface area contributed by atoms with Gasteiger partial charge in [-0.1, -0.05) is 24.3 Å². The molecule has 1 aliphatic carbocycles. The summed E-state index contributed by atoms with van der Waals surface area (Å²) >= 11 is 0. The molecule has 10 heteroatoms. The molecule has 34 heavy (non-hydrogen) atoms. The van der Waals surface area contributed by atoms with Gasteiger partial charge in [0.15, 0.2) is 0 Å². The molecule has 0 unspecified atom stereocenters. The number of halogens is 2. The molecule has 1 fully saturated rings. The Bertz CT molecular complexity index is 1150. The van der Waals surface area contributed by atoms with Crippen molar-refractivity contribution in [2.75, 3.05) is 25.0 Å². The SMILES string of the molecule is O=C(CN1CCC(NS(=O)(=O)C2=Cc3ccc(OC(F)F)cc3CC2)CC1)Nc1ccccc1. The fraction of sp³-hybridized carbons (Fsp3) is 0.375. The molecule has 1 amide bonds. The van der Waals surface area contributed by atoms with Crippen LogP contribution in [0.2, 0.25) is 0 Å². The Morgan fingerprint density at radius 3 is 2.53 bits per heavy atom. The Balaban J connectivity index is 1.29. The lowest BCUT2D eigenvalue weighted by Gasteiger charge is -2.32. The summed E-state index contributed by atoms with van der Waals surface area (Å²) in [5, 5.41) is 2.86. The molecule has 182 valence electrons. The van der Waals surface area contributed by atoms with E-state index >= 15 is 0 Å². The lowest BCUT2D eigenvalue weighted by Crippen LogP contribution is -2.46. The molecule has 2 aromatic carbocycles. The van der Waals surface area contributed by atoms with Gasteiger partial charge in [-0.3, -0.25) is 9.69 Å². The number of benzene rings is 2. The maximum absolute atomic E-state index is 13.0. The van der Waals surface area contributed by atoms with E-state index in [9.17, 15) is 22.0 Å². The number of hydrogen-bond donors (Lipinski definition) is 2. The second kappa shape index (κ2) is 10.6. The Morgan fingerprint density at radius 1 is 1.09 bits per heavy atom. The zero-order chi connectivity index (χ0) is 24.1. The summed E-state index contributed by atoms with van der Waals surface area (Å²) in [4.78, 5) is 14.6. The standard InChI is InChI=1S/C24H27F2N3O4S/c25-24(26)33-21-8-6-18-15-22(9-7-17(18)14-21)34(31,32)28-20-10-12-29(13-11-20)16-23(30)27-19-4-2-1-3-5-19/h1-6,8,14-15,20,24,28H,7,9-13,16H2,(H,27,30). The van der Waals surface area contributed by atoms with Gasteiger partial charge in [0.25, 0.3) is 0 Å². The minimum Gasteiger partial charge on any atom is -0.435 e. The van der Waals surface area contributed by atoms with E-state index in [1.54, 1.807) is 12.1 Å². The van der Waals surface area contributed by atoms with E-state index in [4.69, 9.17) is 0 Å². The number of piperidine rings is 1. The number of rotatable bonds is 8. The first-order valence-corrected chi connectivity index (χ1v) is 12.6. The van der Waals surface area contributed by atoms with Crippen LogP contribution in [0.3, 0.4) is 0 Å². The summed E-state index contributed by atoms with van der Waals surface area (Å²) in [7, 11) is -3.67. The van der Waals surface area contributed by atoms with Gasteiger partial charge < -0.3 is 10.1 Å². The van der Waals surface area contributed by atoms with E-state index in [1.807, 2.05) is 35.2 Å². The van der Waals surface area contributed by atoms with Crippen LogP contribution < -0.4 is 14.8 Å². The highest BCUT2D eigenvalue weighted by molar-refractivity contribution is 7.93. The smallest absolute Gasteiger partial charge is 0.387 e. The van der Waals surface area contributed by atoms with E-state index in [-0.39, 0.29) is 29.1 Å². The van der Waals surface area contributed by atoms with Crippen LogP contribution in [-0.4, -0.2) is 51.5 Å². The molecular formula is C24H27F2N3O4S. The van der Waals surface area contributed by atoms with Crippen molar-refractivity contribution in [2.45, 2.75) is 38.3 Å². The normalized spacial score (nSPS) is 17.2. The summed E-state index contributed by atoms with van der Waals surface area (Å²) in [5.74, 6) is -0.0332. The van der Waals surface area contributed by atoms with Gasteiger partial charge in [0.1, 0.15) is 5.75 Å². The zero-order valence-electron chi connectivity index (χ0n) is 18.5. The predicted octanol–water partition coefficient (Wildman–Crippen LogP) is 3.60. The number of nitrogens with zero attached hydrogens (tertiary/aromatic N) is 1. The molecule has 1 saturated heterocycles. The maximum Gasteiger partial charge on any atom is 0.387 e. The van der Waals surface area contributed by atoms with E-state index < -0.39 is 16.6 Å². The van der Waals surface area contributed by atoms with Crippen molar-refractivity contribution in [3.05, 3.63) is 64.6 Å². The number of nitrogens with one attached hydrogen (secondary N) is 2. The van der Waals surface area contributed by atoms with Crippen molar-refractivity contribution in [1.82, 2.24) is 9.62 Å².